The lowest BCUT2D eigenvalue weighted by molar-refractivity contribution is 0.0676. The summed E-state index contributed by atoms with van der Waals surface area (Å²) in [6.45, 7) is 11.9. The standard InChI is InChI=1S/C15H24N2O2S/c1-10(2)8-17(9-15(3,4)5)14(19)12-7-6-11(20-12)13(16)18/h6-7,10H,8-9H2,1-5H3,(H2,16,18). The Labute approximate surface area is 125 Å². The predicted octanol–water partition coefficient (Wildman–Crippen LogP) is 2.99. The molecule has 1 heterocycles. The molecule has 20 heavy (non-hydrogen) atoms. The average Bonchev–Trinajstić information content (AvgIpc) is 2.73. The molecule has 112 valence electrons. The molecule has 0 aliphatic carbocycles. The van der Waals surface area contributed by atoms with E-state index >= 15 is 0 Å². The average molecular weight is 296 g/mol. The second-order valence-electron chi connectivity index (χ2n) is 6.67. The first-order valence-corrected chi connectivity index (χ1v) is 7.60. The van der Waals surface area contributed by atoms with Crippen molar-refractivity contribution >= 4 is 23.2 Å². The fraction of sp³-hybridized carbons (Fsp3) is 0.600. The molecule has 0 unspecified atom stereocenters. The van der Waals surface area contributed by atoms with Crippen LogP contribution in [0.5, 0.6) is 0 Å². The number of carbonyl (C=O) groups excluding carboxylic acids is 2. The first kappa shape index (κ1) is 16.7. The van der Waals surface area contributed by atoms with Gasteiger partial charge >= 0.3 is 0 Å². The van der Waals surface area contributed by atoms with Gasteiger partial charge in [0.2, 0.25) is 0 Å². The van der Waals surface area contributed by atoms with Crippen molar-refractivity contribution in [2.45, 2.75) is 34.6 Å². The molecule has 1 rings (SSSR count). The van der Waals surface area contributed by atoms with E-state index in [0.29, 0.717) is 28.8 Å². The van der Waals surface area contributed by atoms with Crippen LogP contribution in [0.3, 0.4) is 0 Å². The number of rotatable bonds is 5. The molecule has 2 amide bonds. The number of thiophene rings is 1. The van der Waals surface area contributed by atoms with Crippen molar-refractivity contribution in [3.05, 3.63) is 21.9 Å². The maximum absolute atomic E-state index is 12.6. The summed E-state index contributed by atoms with van der Waals surface area (Å²) in [5, 5.41) is 0. The maximum Gasteiger partial charge on any atom is 0.263 e. The highest BCUT2D eigenvalue weighted by Gasteiger charge is 2.24. The lowest BCUT2D eigenvalue weighted by atomic mass is 9.95. The van der Waals surface area contributed by atoms with Gasteiger partial charge in [-0.05, 0) is 23.5 Å². The first-order chi connectivity index (χ1) is 9.10. The third-order valence-electron chi connectivity index (χ3n) is 2.60. The lowest BCUT2D eigenvalue weighted by Crippen LogP contribution is -2.39. The van der Waals surface area contributed by atoms with Crippen molar-refractivity contribution in [3.8, 4) is 0 Å². The number of hydrogen-bond donors (Lipinski definition) is 1. The van der Waals surface area contributed by atoms with Gasteiger partial charge in [0.05, 0.1) is 9.75 Å². The van der Waals surface area contributed by atoms with Crippen molar-refractivity contribution in [3.63, 3.8) is 0 Å². The van der Waals surface area contributed by atoms with Crippen LogP contribution in [0.2, 0.25) is 0 Å². The van der Waals surface area contributed by atoms with Gasteiger partial charge in [-0.3, -0.25) is 9.59 Å². The number of nitrogens with two attached hydrogens (primary N) is 1. The monoisotopic (exact) mass is 296 g/mol. The van der Waals surface area contributed by atoms with E-state index in [2.05, 4.69) is 34.6 Å². The quantitative estimate of drug-likeness (QED) is 0.908. The van der Waals surface area contributed by atoms with E-state index in [0.717, 1.165) is 11.3 Å². The van der Waals surface area contributed by atoms with E-state index in [9.17, 15) is 9.59 Å². The highest BCUT2D eigenvalue weighted by atomic mass is 32.1. The molecule has 0 bridgehead atoms. The van der Waals surface area contributed by atoms with Gasteiger partial charge in [0.15, 0.2) is 0 Å². The predicted molar refractivity (Wildman–Crippen MR) is 83.0 cm³/mol. The van der Waals surface area contributed by atoms with E-state index in [1.807, 2.05) is 4.90 Å². The molecule has 0 fully saturated rings. The molecule has 4 nitrogen and oxygen atoms in total. The first-order valence-electron chi connectivity index (χ1n) is 6.79. The smallest absolute Gasteiger partial charge is 0.263 e. The van der Waals surface area contributed by atoms with Crippen LogP contribution in [0.4, 0.5) is 0 Å². The molecule has 0 saturated carbocycles. The Morgan fingerprint density at radius 2 is 1.80 bits per heavy atom. The Hall–Kier alpha value is -1.36. The molecule has 2 N–H and O–H groups in total. The second kappa shape index (κ2) is 6.39. The number of nitrogens with zero attached hydrogens (tertiary/aromatic N) is 1. The van der Waals surface area contributed by atoms with Gasteiger partial charge in [0.25, 0.3) is 11.8 Å². The zero-order valence-corrected chi connectivity index (χ0v) is 13.7. The van der Waals surface area contributed by atoms with Crippen molar-refractivity contribution in [2.24, 2.45) is 17.1 Å². The molecule has 0 aliphatic heterocycles. The summed E-state index contributed by atoms with van der Waals surface area (Å²) in [4.78, 5) is 26.6. The molecular formula is C15H24N2O2S. The van der Waals surface area contributed by atoms with E-state index in [-0.39, 0.29) is 11.3 Å². The minimum Gasteiger partial charge on any atom is -0.365 e. The zero-order valence-electron chi connectivity index (χ0n) is 12.9. The maximum atomic E-state index is 12.6. The zero-order chi connectivity index (χ0) is 15.5. The van der Waals surface area contributed by atoms with Crippen molar-refractivity contribution in [1.82, 2.24) is 4.90 Å². The summed E-state index contributed by atoms with van der Waals surface area (Å²) < 4.78 is 0. The molecule has 0 saturated heterocycles. The minimum absolute atomic E-state index is 0.0221. The Bertz CT molecular complexity index is 486. The Morgan fingerprint density at radius 3 is 2.20 bits per heavy atom. The molecular weight excluding hydrogens is 272 g/mol. The molecule has 0 atom stereocenters. The van der Waals surface area contributed by atoms with E-state index in [1.165, 1.54) is 0 Å². The Morgan fingerprint density at radius 1 is 1.25 bits per heavy atom. The summed E-state index contributed by atoms with van der Waals surface area (Å²) in [6, 6.07) is 3.30. The molecule has 5 heteroatoms. The fourth-order valence-electron chi connectivity index (χ4n) is 1.97. The van der Waals surface area contributed by atoms with Gasteiger partial charge in [-0.2, -0.15) is 0 Å². The van der Waals surface area contributed by atoms with E-state index < -0.39 is 5.91 Å². The molecule has 0 aliphatic rings. The number of primary amides is 1. The Balaban J connectivity index is 2.93. The van der Waals surface area contributed by atoms with Crippen LogP contribution < -0.4 is 5.73 Å². The van der Waals surface area contributed by atoms with Crippen LogP contribution >= 0.6 is 11.3 Å². The van der Waals surface area contributed by atoms with Crippen LogP contribution in [-0.4, -0.2) is 29.8 Å². The van der Waals surface area contributed by atoms with E-state index in [1.54, 1.807) is 12.1 Å². The normalized spacial score (nSPS) is 11.7. The highest BCUT2D eigenvalue weighted by molar-refractivity contribution is 7.15. The van der Waals surface area contributed by atoms with Gasteiger partial charge in [0.1, 0.15) is 0 Å². The summed E-state index contributed by atoms with van der Waals surface area (Å²) in [5.41, 5.74) is 5.27. The number of hydrogen-bond acceptors (Lipinski definition) is 3. The molecule has 1 aromatic heterocycles. The van der Waals surface area contributed by atoms with Crippen molar-refractivity contribution in [2.75, 3.05) is 13.1 Å². The van der Waals surface area contributed by atoms with Gasteiger partial charge in [-0.25, -0.2) is 0 Å². The summed E-state index contributed by atoms with van der Waals surface area (Å²) in [6.07, 6.45) is 0. The fourth-order valence-corrected chi connectivity index (χ4v) is 2.80. The highest BCUT2D eigenvalue weighted by Crippen LogP contribution is 2.22. The van der Waals surface area contributed by atoms with E-state index in [4.69, 9.17) is 5.73 Å². The third-order valence-corrected chi connectivity index (χ3v) is 3.69. The minimum atomic E-state index is -0.486. The SMILES string of the molecule is CC(C)CN(CC(C)(C)C)C(=O)c1ccc(C(N)=O)s1. The summed E-state index contributed by atoms with van der Waals surface area (Å²) in [7, 11) is 0. The Kier molecular flexibility index (Phi) is 5.34. The summed E-state index contributed by atoms with van der Waals surface area (Å²) in [5.74, 6) is -0.108. The third kappa shape index (κ3) is 4.96. The van der Waals surface area contributed by atoms with Gasteiger partial charge in [-0.1, -0.05) is 34.6 Å². The number of amides is 2. The second-order valence-corrected chi connectivity index (χ2v) is 7.75. The summed E-state index contributed by atoms with van der Waals surface area (Å²) >= 11 is 1.16. The van der Waals surface area contributed by atoms with Gasteiger partial charge in [0, 0.05) is 13.1 Å². The van der Waals surface area contributed by atoms with Crippen LogP contribution in [-0.2, 0) is 0 Å². The molecule has 0 radical (unpaired) electrons. The largest absolute Gasteiger partial charge is 0.365 e. The van der Waals surface area contributed by atoms with Gasteiger partial charge < -0.3 is 10.6 Å². The van der Waals surface area contributed by atoms with Crippen LogP contribution in [0.1, 0.15) is 54.0 Å². The molecule has 1 aromatic rings. The lowest BCUT2D eigenvalue weighted by Gasteiger charge is -2.31. The van der Waals surface area contributed by atoms with Crippen molar-refractivity contribution in [1.29, 1.82) is 0 Å². The van der Waals surface area contributed by atoms with Crippen LogP contribution in [0, 0.1) is 11.3 Å². The molecule has 0 spiro atoms. The van der Waals surface area contributed by atoms with Gasteiger partial charge in [-0.15, -0.1) is 11.3 Å². The van der Waals surface area contributed by atoms with Crippen LogP contribution in [0.25, 0.3) is 0 Å². The number of carbonyl (C=O) groups is 2. The van der Waals surface area contributed by atoms with Crippen LogP contribution in [0.15, 0.2) is 12.1 Å². The molecule has 0 aromatic carbocycles. The van der Waals surface area contributed by atoms with Crippen molar-refractivity contribution < 1.29 is 9.59 Å². The topological polar surface area (TPSA) is 63.4 Å².